The molecule has 1 aromatic carbocycles. The molecule has 2 nitrogen and oxygen atoms in total. The summed E-state index contributed by atoms with van der Waals surface area (Å²) >= 11 is 11.6. The van der Waals surface area contributed by atoms with Crippen LogP contribution in [0.3, 0.4) is 0 Å². The molecule has 1 fully saturated rings. The topological polar surface area (TPSA) is 15.3 Å². The normalized spacial score (nSPS) is 25.3. The van der Waals surface area contributed by atoms with E-state index in [-0.39, 0.29) is 12.1 Å². The van der Waals surface area contributed by atoms with E-state index in [9.17, 15) is 0 Å². The third-order valence-electron chi connectivity index (χ3n) is 4.17. The van der Waals surface area contributed by atoms with Gasteiger partial charge in [0.25, 0.3) is 0 Å². The van der Waals surface area contributed by atoms with Gasteiger partial charge in [-0.3, -0.25) is 0 Å². The van der Waals surface area contributed by atoms with Crippen LogP contribution >= 0.6 is 23.8 Å². The van der Waals surface area contributed by atoms with Gasteiger partial charge < -0.3 is 10.2 Å². The molecule has 110 valence electrons. The number of benzene rings is 1. The first-order valence-corrected chi connectivity index (χ1v) is 8.12. The van der Waals surface area contributed by atoms with Gasteiger partial charge in [-0.15, -0.1) is 0 Å². The van der Waals surface area contributed by atoms with Crippen LogP contribution in [0.25, 0.3) is 0 Å². The predicted molar refractivity (Wildman–Crippen MR) is 92.4 cm³/mol. The predicted octanol–water partition coefficient (Wildman–Crippen LogP) is 3.63. The Morgan fingerprint density at radius 1 is 1.33 bits per heavy atom. The second-order valence-corrected chi connectivity index (χ2v) is 6.48. The molecule has 0 unspecified atom stereocenters. The Balaban J connectivity index is 1.66. The SMILES string of the molecule is C[C@@H](CCc1ccccc1)N1C(=S)N[C@@H]2C=C(Cl)C=C[C@@H]21. The molecule has 3 atom stereocenters. The molecule has 0 radical (unpaired) electrons. The zero-order chi connectivity index (χ0) is 14.8. The summed E-state index contributed by atoms with van der Waals surface area (Å²) in [5.74, 6) is 0. The molecule has 2 aliphatic rings. The quantitative estimate of drug-likeness (QED) is 0.854. The Bertz CT molecular complexity index is 582. The lowest BCUT2D eigenvalue weighted by molar-refractivity contribution is 0.290. The van der Waals surface area contributed by atoms with E-state index < -0.39 is 0 Å². The molecule has 21 heavy (non-hydrogen) atoms. The van der Waals surface area contributed by atoms with Crippen LogP contribution in [0.1, 0.15) is 18.9 Å². The number of nitrogens with one attached hydrogen (secondary N) is 1. The van der Waals surface area contributed by atoms with Gasteiger partial charge in [0.05, 0.1) is 12.1 Å². The second kappa shape index (κ2) is 6.20. The van der Waals surface area contributed by atoms with E-state index in [0.717, 1.165) is 23.0 Å². The minimum atomic E-state index is 0.203. The van der Waals surface area contributed by atoms with Gasteiger partial charge in [-0.1, -0.05) is 48.0 Å². The molecule has 1 aliphatic carbocycles. The molecule has 0 aromatic heterocycles. The van der Waals surface area contributed by atoms with Gasteiger partial charge in [0.2, 0.25) is 0 Å². The van der Waals surface area contributed by atoms with Crippen LogP contribution in [-0.2, 0) is 6.42 Å². The van der Waals surface area contributed by atoms with Crippen molar-refractivity contribution in [3.63, 3.8) is 0 Å². The van der Waals surface area contributed by atoms with Crippen molar-refractivity contribution >= 4 is 28.9 Å². The maximum atomic E-state index is 6.07. The molecule has 4 heteroatoms. The van der Waals surface area contributed by atoms with Crippen molar-refractivity contribution in [2.75, 3.05) is 0 Å². The number of thiocarbonyl (C=S) groups is 1. The van der Waals surface area contributed by atoms with Crippen LogP contribution in [0.2, 0.25) is 0 Å². The van der Waals surface area contributed by atoms with Crippen LogP contribution in [0, 0.1) is 0 Å². The van der Waals surface area contributed by atoms with E-state index in [1.165, 1.54) is 5.56 Å². The molecule has 1 saturated heterocycles. The maximum absolute atomic E-state index is 6.07. The van der Waals surface area contributed by atoms with Crippen LogP contribution < -0.4 is 5.32 Å². The first-order chi connectivity index (χ1) is 10.1. The zero-order valence-corrected chi connectivity index (χ0v) is 13.6. The van der Waals surface area contributed by atoms with E-state index in [1.807, 2.05) is 12.2 Å². The lowest BCUT2D eigenvalue weighted by Gasteiger charge is -2.31. The average molecular weight is 319 g/mol. The Morgan fingerprint density at radius 2 is 2.10 bits per heavy atom. The van der Waals surface area contributed by atoms with Gasteiger partial charge in [0, 0.05) is 11.1 Å². The number of allylic oxidation sites excluding steroid dienone is 2. The number of aryl methyl sites for hydroxylation is 1. The highest BCUT2D eigenvalue weighted by Gasteiger charge is 2.37. The first-order valence-electron chi connectivity index (χ1n) is 7.33. The summed E-state index contributed by atoms with van der Waals surface area (Å²) in [6.07, 6.45) is 8.31. The van der Waals surface area contributed by atoms with E-state index in [1.54, 1.807) is 0 Å². The second-order valence-electron chi connectivity index (χ2n) is 5.66. The van der Waals surface area contributed by atoms with Crippen molar-refractivity contribution in [1.29, 1.82) is 0 Å². The minimum Gasteiger partial charge on any atom is -0.354 e. The number of nitrogens with zero attached hydrogens (tertiary/aromatic N) is 1. The summed E-state index contributed by atoms with van der Waals surface area (Å²) in [4.78, 5) is 2.30. The van der Waals surface area contributed by atoms with Crippen molar-refractivity contribution in [1.82, 2.24) is 10.2 Å². The minimum absolute atomic E-state index is 0.203. The van der Waals surface area contributed by atoms with Gasteiger partial charge in [-0.2, -0.15) is 0 Å². The van der Waals surface area contributed by atoms with Gasteiger partial charge in [-0.05, 0) is 49.7 Å². The number of halogens is 1. The van der Waals surface area contributed by atoms with Crippen molar-refractivity contribution in [3.8, 4) is 0 Å². The van der Waals surface area contributed by atoms with Gasteiger partial charge in [0.15, 0.2) is 5.11 Å². The van der Waals surface area contributed by atoms with Crippen molar-refractivity contribution < 1.29 is 0 Å². The van der Waals surface area contributed by atoms with Crippen molar-refractivity contribution in [3.05, 3.63) is 59.2 Å². The average Bonchev–Trinajstić information content (AvgIpc) is 2.81. The highest BCUT2D eigenvalue weighted by atomic mass is 35.5. The zero-order valence-electron chi connectivity index (χ0n) is 12.0. The Morgan fingerprint density at radius 3 is 2.86 bits per heavy atom. The molecule has 0 spiro atoms. The van der Waals surface area contributed by atoms with Crippen LogP contribution in [-0.4, -0.2) is 28.1 Å². The van der Waals surface area contributed by atoms with E-state index in [2.05, 4.69) is 53.5 Å². The summed E-state index contributed by atoms with van der Waals surface area (Å²) in [6, 6.07) is 11.5. The van der Waals surface area contributed by atoms with E-state index in [4.69, 9.17) is 23.8 Å². The standard InChI is InChI=1S/C17H19ClN2S/c1-12(7-8-13-5-3-2-4-6-13)20-16-10-9-14(18)11-15(16)19-17(20)21/h2-6,9-12,15-16H,7-8H2,1H3,(H,19,21)/t12-,15+,16-/m0/s1. The largest absolute Gasteiger partial charge is 0.354 e. The van der Waals surface area contributed by atoms with Crippen molar-refractivity contribution in [2.24, 2.45) is 0 Å². The Hall–Kier alpha value is -1.32. The number of rotatable bonds is 4. The summed E-state index contributed by atoms with van der Waals surface area (Å²) in [5, 5.41) is 4.97. The van der Waals surface area contributed by atoms with Crippen molar-refractivity contribution in [2.45, 2.75) is 37.9 Å². The molecular formula is C17H19ClN2S. The summed E-state index contributed by atoms with van der Waals surface area (Å²) in [5.41, 5.74) is 1.38. The smallest absolute Gasteiger partial charge is 0.170 e. The molecule has 1 heterocycles. The van der Waals surface area contributed by atoms with Gasteiger partial charge >= 0.3 is 0 Å². The highest BCUT2D eigenvalue weighted by molar-refractivity contribution is 7.80. The van der Waals surface area contributed by atoms with Gasteiger partial charge in [-0.25, -0.2) is 0 Å². The third kappa shape index (κ3) is 3.14. The fraction of sp³-hybridized carbons (Fsp3) is 0.353. The molecule has 0 bridgehead atoms. The molecule has 3 rings (SSSR count). The summed E-state index contributed by atoms with van der Waals surface area (Å²) in [7, 11) is 0. The van der Waals surface area contributed by atoms with Crippen LogP contribution in [0.4, 0.5) is 0 Å². The molecular weight excluding hydrogens is 300 g/mol. The van der Waals surface area contributed by atoms with E-state index >= 15 is 0 Å². The fourth-order valence-corrected chi connectivity index (χ4v) is 3.68. The Labute approximate surface area is 136 Å². The molecule has 0 saturated carbocycles. The first kappa shape index (κ1) is 14.6. The maximum Gasteiger partial charge on any atom is 0.170 e. The lowest BCUT2D eigenvalue weighted by atomic mass is 10.00. The third-order valence-corrected chi connectivity index (χ3v) is 4.75. The molecule has 1 aliphatic heterocycles. The fourth-order valence-electron chi connectivity index (χ4n) is 3.03. The molecule has 0 amide bonds. The van der Waals surface area contributed by atoms with Gasteiger partial charge in [0.1, 0.15) is 0 Å². The monoisotopic (exact) mass is 318 g/mol. The van der Waals surface area contributed by atoms with E-state index in [0.29, 0.717) is 6.04 Å². The van der Waals surface area contributed by atoms with Crippen LogP contribution in [0.5, 0.6) is 0 Å². The number of hydrogen-bond donors (Lipinski definition) is 1. The summed E-state index contributed by atoms with van der Waals surface area (Å²) in [6.45, 7) is 2.24. The molecule has 1 aromatic rings. The summed E-state index contributed by atoms with van der Waals surface area (Å²) < 4.78 is 0. The van der Waals surface area contributed by atoms with Crippen LogP contribution in [0.15, 0.2) is 53.6 Å². The highest BCUT2D eigenvalue weighted by Crippen LogP contribution is 2.27. The number of hydrogen-bond acceptors (Lipinski definition) is 1. The molecule has 1 N–H and O–H groups in total. The Kier molecular flexibility index (Phi) is 4.32. The number of fused-ring (bicyclic) bond motifs is 1. The lowest BCUT2D eigenvalue weighted by Crippen LogP contribution is -2.42.